The third kappa shape index (κ3) is 15.0. The van der Waals surface area contributed by atoms with Gasteiger partial charge in [0.25, 0.3) is 0 Å². The molecule has 0 saturated heterocycles. The number of H-pyrrole nitrogens is 1. The minimum absolute atomic E-state index is 0.0716. The molecule has 2 fully saturated rings. The molecule has 71 heavy (non-hydrogen) atoms. The Morgan fingerprint density at radius 3 is 1.41 bits per heavy atom. The van der Waals surface area contributed by atoms with Gasteiger partial charge in [0.2, 0.25) is 11.8 Å². The first-order valence-corrected chi connectivity index (χ1v) is 28.5. The number of aromatic amines is 1. The monoisotopic (exact) mass is 1030 g/mol. The normalized spacial score (nSPS) is 26.1. The molecule has 12 nitrogen and oxygen atoms in total. The van der Waals surface area contributed by atoms with Crippen LogP contribution in [0.2, 0.25) is 0 Å². The van der Waals surface area contributed by atoms with Crippen LogP contribution in [-0.2, 0) is 23.9 Å². The Balaban J connectivity index is 2.02. The van der Waals surface area contributed by atoms with Crippen molar-refractivity contribution >= 4 is 65.0 Å². The number of aliphatic imine (C=N–C) groups is 1. The van der Waals surface area contributed by atoms with E-state index in [9.17, 15) is 19.8 Å². The van der Waals surface area contributed by atoms with Gasteiger partial charge in [-0.15, -0.1) is 23.5 Å². The maximum Gasteiger partial charge on any atom is 0.342 e. The van der Waals surface area contributed by atoms with Crippen LogP contribution in [0.5, 0.6) is 0 Å². The standard InChI is InChI=1S/C57H94N4O8S2/c1-30(2)42-40(58-48(60-50(64)34(7)70-23-21-62)44(42)52(66)68-46-36(54(9,10)11)25-32(5)26-37(46)55(12,13)14)29-41-43(31(3)4)45(49(59-41)61-51(65)35(8)71-24-22-63)53(67)69-47-38(56(15,16)17)27-33(6)28-39(47)57(18,19)20/h29-39,46-47,58,62-63H,21-28H2,1-20H3,(H,60,64)(H,59,61,65). The van der Waals surface area contributed by atoms with Gasteiger partial charge in [-0.25, -0.2) is 14.6 Å². The van der Waals surface area contributed by atoms with Crippen LogP contribution in [0.1, 0.15) is 192 Å². The molecule has 4 rings (SSSR count). The van der Waals surface area contributed by atoms with Gasteiger partial charge < -0.3 is 35.3 Å². The number of ether oxygens (including phenoxy) is 2. The number of nitrogens with zero attached hydrogens (tertiary/aromatic N) is 1. The summed E-state index contributed by atoms with van der Waals surface area (Å²) in [4.78, 5) is 67.0. The number of nitrogens with one attached hydrogen (secondary N) is 3. The minimum atomic E-state index is -0.565. The van der Waals surface area contributed by atoms with Crippen molar-refractivity contribution in [3.05, 3.63) is 33.7 Å². The lowest BCUT2D eigenvalue weighted by molar-refractivity contribution is -0.164. The lowest BCUT2D eigenvalue weighted by Gasteiger charge is -2.50. The molecular weight excluding hydrogens is 933 g/mol. The highest BCUT2D eigenvalue weighted by atomic mass is 32.2. The number of esters is 2. The average molecular weight is 1030 g/mol. The lowest BCUT2D eigenvalue weighted by atomic mass is 9.59. The van der Waals surface area contributed by atoms with Crippen molar-refractivity contribution < 1.29 is 38.9 Å². The number of carbonyl (C=O) groups excluding carboxylic acids is 4. The van der Waals surface area contributed by atoms with Crippen molar-refractivity contribution in [3.8, 4) is 0 Å². The van der Waals surface area contributed by atoms with E-state index >= 15 is 9.59 Å². The summed E-state index contributed by atoms with van der Waals surface area (Å²) in [6.45, 7) is 42.4. The molecule has 1 aromatic rings. The fraction of sp³-hybridized carbons (Fsp3) is 0.772. The zero-order valence-electron chi connectivity index (χ0n) is 47.3. The summed E-state index contributed by atoms with van der Waals surface area (Å²) in [5.74, 6) is -0.151. The van der Waals surface area contributed by atoms with Crippen LogP contribution >= 0.6 is 23.5 Å². The van der Waals surface area contributed by atoms with Gasteiger partial charge in [0, 0.05) is 40.9 Å². The number of amidine groups is 1. The Bertz CT molecular complexity index is 2100. The number of rotatable bonds is 16. The number of aromatic nitrogens is 1. The van der Waals surface area contributed by atoms with Crippen LogP contribution in [0, 0.1) is 63.1 Å². The molecule has 6 unspecified atom stereocenters. The Hall–Kier alpha value is -3.07. The summed E-state index contributed by atoms with van der Waals surface area (Å²) in [7, 11) is 0. The Kier molecular flexibility index (Phi) is 20.5. The number of amides is 2. The van der Waals surface area contributed by atoms with Crippen molar-refractivity contribution in [2.75, 3.05) is 30.0 Å². The molecule has 2 amide bonds. The molecule has 2 heterocycles. The highest BCUT2D eigenvalue weighted by Crippen LogP contribution is 2.52. The van der Waals surface area contributed by atoms with Crippen molar-refractivity contribution in [1.82, 2.24) is 10.3 Å². The highest BCUT2D eigenvalue weighted by molar-refractivity contribution is 8.00. The molecule has 3 aliphatic rings. The van der Waals surface area contributed by atoms with E-state index in [-0.39, 0.29) is 105 Å². The van der Waals surface area contributed by atoms with Gasteiger partial charge in [-0.05, 0) is 102 Å². The number of allylic oxidation sites excluding steroid dienone is 1. The van der Waals surface area contributed by atoms with Gasteiger partial charge in [0.05, 0.1) is 29.4 Å². The van der Waals surface area contributed by atoms with E-state index in [1.807, 2.05) is 33.8 Å². The van der Waals surface area contributed by atoms with Crippen molar-refractivity contribution in [1.29, 1.82) is 0 Å². The van der Waals surface area contributed by atoms with Crippen LogP contribution < -0.4 is 10.6 Å². The van der Waals surface area contributed by atoms with E-state index in [0.29, 0.717) is 45.9 Å². The van der Waals surface area contributed by atoms with Crippen molar-refractivity contribution in [2.24, 2.45) is 68.1 Å². The van der Waals surface area contributed by atoms with E-state index in [0.717, 1.165) is 25.7 Å². The van der Waals surface area contributed by atoms with Crippen LogP contribution in [0.3, 0.4) is 0 Å². The molecule has 0 bridgehead atoms. The topological polar surface area (TPSA) is 179 Å². The fourth-order valence-corrected chi connectivity index (χ4v) is 12.7. The molecule has 402 valence electrons. The molecule has 1 aliphatic heterocycles. The first-order valence-electron chi connectivity index (χ1n) is 26.4. The van der Waals surface area contributed by atoms with Crippen molar-refractivity contribution in [2.45, 2.75) is 193 Å². The maximum absolute atomic E-state index is 15.3. The maximum atomic E-state index is 15.3. The minimum Gasteiger partial charge on any atom is -0.458 e. The zero-order valence-corrected chi connectivity index (χ0v) is 48.9. The van der Waals surface area contributed by atoms with Gasteiger partial charge in [0.15, 0.2) is 0 Å². The largest absolute Gasteiger partial charge is 0.458 e. The Morgan fingerprint density at radius 1 is 0.648 bits per heavy atom. The van der Waals surface area contributed by atoms with Gasteiger partial charge in [-0.1, -0.05) is 125 Å². The Morgan fingerprint density at radius 2 is 1.04 bits per heavy atom. The summed E-state index contributed by atoms with van der Waals surface area (Å²) >= 11 is 2.61. The lowest BCUT2D eigenvalue weighted by Crippen LogP contribution is -2.50. The number of aliphatic hydroxyl groups is 2. The summed E-state index contributed by atoms with van der Waals surface area (Å²) in [5.41, 5.74) is 1.87. The number of hydrogen-bond acceptors (Lipinski definition) is 11. The number of thioether (sulfide) groups is 2. The second kappa shape index (κ2) is 24.1. The predicted molar refractivity (Wildman–Crippen MR) is 295 cm³/mol. The molecular formula is C57H94N4O8S2. The highest BCUT2D eigenvalue weighted by Gasteiger charge is 2.50. The van der Waals surface area contributed by atoms with E-state index in [4.69, 9.17) is 14.5 Å². The summed E-state index contributed by atoms with van der Waals surface area (Å²) in [6.07, 6.45) is 4.66. The second-order valence-electron chi connectivity index (χ2n) is 26.0. The van der Waals surface area contributed by atoms with Gasteiger partial charge in [0.1, 0.15) is 35.0 Å². The first-order chi connectivity index (χ1) is 32.6. The fourth-order valence-electron chi connectivity index (χ4n) is 11.3. The van der Waals surface area contributed by atoms with E-state index in [1.54, 1.807) is 13.8 Å². The van der Waals surface area contributed by atoms with E-state index in [1.165, 1.54) is 23.5 Å². The van der Waals surface area contributed by atoms with Crippen molar-refractivity contribution in [3.63, 3.8) is 0 Å². The molecule has 1 aromatic heterocycles. The van der Waals surface area contributed by atoms with Gasteiger partial charge in [-0.2, -0.15) is 0 Å². The number of anilines is 1. The number of aliphatic hydroxyl groups excluding tert-OH is 2. The molecule has 6 atom stereocenters. The molecule has 0 radical (unpaired) electrons. The number of hydrogen-bond donors (Lipinski definition) is 5. The van der Waals surface area contributed by atoms with Crippen LogP contribution in [0.25, 0.3) is 6.08 Å². The molecule has 0 aromatic carbocycles. The third-order valence-corrected chi connectivity index (χ3v) is 17.5. The van der Waals surface area contributed by atoms with Crippen LogP contribution in [-0.4, -0.2) is 92.2 Å². The molecule has 5 N–H and O–H groups in total. The SMILES string of the molecule is CC1CC(C(C)(C)C)C(OC(=O)C2=C(C(C)C)C(=Cc3[nH]c(NC(=O)C(C)SCCO)c(C(=O)OC4C(C(C)(C)C)CC(C)CC4C(C)(C)C)c3C(C)C)N=C2NC(=O)C(C)SCCO)C(C(C)(C)C)C1. The Labute approximate surface area is 436 Å². The summed E-state index contributed by atoms with van der Waals surface area (Å²) in [5, 5.41) is 24.1. The third-order valence-electron chi connectivity index (χ3n) is 15.2. The predicted octanol–water partition coefficient (Wildman–Crippen LogP) is 12.1. The molecule has 14 heteroatoms. The summed E-state index contributed by atoms with van der Waals surface area (Å²) < 4.78 is 13.7. The zero-order chi connectivity index (χ0) is 53.9. The quantitative estimate of drug-likeness (QED) is 0.100. The van der Waals surface area contributed by atoms with Crippen LogP contribution in [0.4, 0.5) is 5.82 Å². The second-order valence-corrected chi connectivity index (χ2v) is 28.9. The molecule has 0 spiro atoms. The van der Waals surface area contributed by atoms with E-state index in [2.05, 4.69) is 113 Å². The molecule has 2 aliphatic carbocycles. The smallest absolute Gasteiger partial charge is 0.342 e. The summed E-state index contributed by atoms with van der Waals surface area (Å²) in [6, 6.07) is 0. The number of carbonyl (C=O) groups is 4. The average Bonchev–Trinajstić information content (AvgIpc) is 3.78. The van der Waals surface area contributed by atoms with Crippen LogP contribution in [0.15, 0.2) is 21.8 Å². The van der Waals surface area contributed by atoms with Gasteiger partial charge in [-0.3, -0.25) is 9.59 Å². The first kappa shape index (κ1) is 60.5. The molecule has 2 saturated carbocycles. The van der Waals surface area contributed by atoms with Gasteiger partial charge >= 0.3 is 11.9 Å². The van der Waals surface area contributed by atoms with E-state index < -0.39 is 34.6 Å².